The normalized spacial score (nSPS) is 10.7. The third kappa shape index (κ3) is 2.54. The Balaban J connectivity index is 2.11. The van der Waals surface area contributed by atoms with Crippen LogP contribution in [0.1, 0.15) is 22.6 Å². The highest BCUT2D eigenvalue weighted by atomic mass is 16.5. The molecule has 3 rings (SSSR count). The molecule has 0 N–H and O–H groups in total. The lowest BCUT2D eigenvalue weighted by Crippen LogP contribution is -2.24. The highest BCUT2D eigenvalue weighted by Crippen LogP contribution is 2.30. The van der Waals surface area contributed by atoms with Gasteiger partial charge in [-0.05, 0) is 16.7 Å². The number of hydrogen-bond donors (Lipinski definition) is 0. The smallest absolute Gasteiger partial charge is 0.180 e. The van der Waals surface area contributed by atoms with Crippen LogP contribution in [0.5, 0.6) is 0 Å². The maximum Gasteiger partial charge on any atom is 0.180 e. The second-order valence-corrected chi connectivity index (χ2v) is 4.75. The summed E-state index contributed by atoms with van der Waals surface area (Å²) in [5, 5.41) is 11.2. The Labute approximate surface area is 118 Å². The summed E-state index contributed by atoms with van der Waals surface area (Å²) in [4.78, 5) is 0. The predicted octanol–water partition coefficient (Wildman–Crippen LogP) is 3.50. The molecular weight excluding hydrogens is 246 g/mol. The molecular formula is C18H15NO. The van der Waals surface area contributed by atoms with E-state index >= 15 is 0 Å². The number of aromatic nitrogens is 1. The van der Waals surface area contributed by atoms with Gasteiger partial charge in [-0.1, -0.05) is 60.7 Å². The van der Waals surface area contributed by atoms with Crippen molar-refractivity contribution in [2.24, 2.45) is 0 Å². The third-order valence-corrected chi connectivity index (χ3v) is 3.43. The molecule has 0 radical (unpaired) electrons. The SMILES string of the molecule is [O-][n+]1ccc(C(c2ccccc2)c2ccccc2)cc1. The summed E-state index contributed by atoms with van der Waals surface area (Å²) in [5.74, 6) is 0.151. The fraction of sp³-hybridized carbons (Fsp3) is 0.0556. The van der Waals surface area contributed by atoms with Crippen molar-refractivity contribution in [3.05, 3.63) is 107 Å². The number of benzene rings is 2. The molecule has 0 saturated heterocycles. The van der Waals surface area contributed by atoms with Crippen molar-refractivity contribution in [3.8, 4) is 0 Å². The summed E-state index contributed by atoms with van der Waals surface area (Å²) in [7, 11) is 0. The van der Waals surface area contributed by atoms with Crippen molar-refractivity contribution in [3.63, 3.8) is 0 Å². The monoisotopic (exact) mass is 261 g/mol. The molecule has 20 heavy (non-hydrogen) atoms. The minimum atomic E-state index is 0.151. The van der Waals surface area contributed by atoms with Crippen LogP contribution in [0.15, 0.2) is 85.2 Å². The largest absolute Gasteiger partial charge is 0.619 e. The quantitative estimate of drug-likeness (QED) is 0.523. The van der Waals surface area contributed by atoms with E-state index in [0.29, 0.717) is 0 Å². The summed E-state index contributed by atoms with van der Waals surface area (Å²) in [6.45, 7) is 0. The summed E-state index contributed by atoms with van der Waals surface area (Å²) in [5.41, 5.74) is 3.57. The summed E-state index contributed by atoms with van der Waals surface area (Å²) in [6, 6.07) is 24.5. The van der Waals surface area contributed by atoms with Gasteiger partial charge in [-0.3, -0.25) is 0 Å². The molecule has 0 fully saturated rings. The van der Waals surface area contributed by atoms with Crippen molar-refractivity contribution in [1.29, 1.82) is 0 Å². The van der Waals surface area contributed by atoms with E-state index in [2.05, 4.69) is 24.3 Å². The molecule has 3 aromatic rings. The molecule has 0 aliphatic carbocycles. The van der Waals surface area contributed by atoms with Crippen LogP contribution in [0.25, 0.3) is 0 Å². The van der Waals surface area contributed by atoms with Gasteiger partial charge in [0.25, 0.3) is 0 Å². The summed E-state index contributed by atoms with van der Waals surface area (Å²) < 4.78 is 0.816. The van der Waals surface area contributed by atoms with Crippen molar-refractivity contribution < 1.29 is 4.73 Å². The Morgan fingerprint density at radius 1 is 0.600 bits per heavy atom. The number of nitrogens with zero attached hydrogens (tertiary/aromatic N) is 1. The van der Waals surface area contributed by atoms with Crippen LogP contribution in [-0.4, -0.2) is 0 Å². The Bertz CT molecular complexity index is 623. The molecule has 2 heteroatoms. The van der Waals surface area contributed by atoms with Gasteiger partial charge in [-0.25, -0.2) is 0 Å². The van der Waals surface area contributed by atoms with E-state index in [0.717, 1.165) is 10.3 Å². The zero-order valence-electron chi connectivity index (χ0n) is 11.0. The highest BCUT2D eigenvalue weighted by Gasteiger charge is 2.16. The molecule has 0 atom stereocenters. The van der Waals surface area contributed by atoms with Gasteiger partial charge >= 0.3 is 0 Å². The third-order valence-electron chi connectivity index (χ3n) is 3.43. The molecule has 1 heterocycles. The van der Waals surface area contributed by atoms with Crippen molar-refractivity contribution in [2.75, 3.05) is 0 Å². The van der Waals surface area contributed by atoms with E-state index in [4.69, 9.17) is 0 Å². The van der Waals surface area contributed by atoms with Gasteiger partial charge in [-0.2, -0.15) is 4.73 Å². The lowest BCUT2D eigenvalue weighted by Gasteiger charge is -2.18. The fourth-order valence-electron chi connectivity index (χ4n) is 2.49. The average Bonchev–Trinajstić information content (AvgIpc) is 2.52. The standard InChI is InChI=1S/C18H15NO/c20-19-13-11-17(12-14-19)18(15-7-3-1-4-8-15)16-9-5-2-6-10-16/h1-14,18H. The number of rotatable bonds is 3. The van der Waals surface area contributed by atoms with Gasteiger partial charge in [0.15, 0.2) is 12.4 Å². The first-order chi connectivity index (χ1) is 9.84. The molecule has 0 saturated carbocycles. The van der Waals surface area contributed by atoms with Crippen LogP contribution in [-0.2, 0) is 0 Å². The Morgan fingerprint density at radius 2 is 1.00 bits per heavy atom. The molecule has 2 aromatic carbocycles. The van der Waals surface area contributed by atoms with E-state index in [-0.39, 0.29) is 5.92 Å². The molecule has 0 amide bonds. The molecule has 0 aliphatic rings. The second kappa shape index (κ2) is 5.57. The van der Waals surface area contributed by atoms with E-state index < -0.39 is 0 Å². The van der Waals surface area contributed by atoms with Gasteiger partial charge in [0.2, 0.25) is 0 Å². The molecule has 2 nitrogen and oxygen atoms in total. The van der Waals surface area contributed by atoms with Crippen molar-refractivity contribution in [2.45, 2.75) is 5.92 Å². The Hall–Kier alpha value is -2.61. The van der Waals surface area contributed by atoms with Gasteiger partial charge in [0.1, 0.15) is 0 Å². The summed E-state index contributed by atoms with van der Waals surface area (Å²) >= 11 is 0. The van der Waals surface area contributed by atoms with E-state index in [1.165, 1.54) is 11.1 Å². The fourth-order valence-corrected chi connectivity index (χ4v) is 2.49. The minimum absolute atomic E-state index is 0.151. The molecule has 1 aromatic heterocycles. The van der Waals surface area contributed by atoms with Crippen molar-refractivity contribution >= 4 is 0 Å². The molecule has 0 bridgehead atoms. The first-order valence-corrected chi connectivity index (χ1v) is 6.63. The van der Waals surface area contributed by atoms with Gasteiger partial charge in [0, 0.05) is 18.1 Å². The van der Waals surface area contributed by atoms with Crippen LogP contribution >= 0.6 is 0 Å². The van der Waals surface area contributed by atoms with Gasteiger partial charge in [0.05, 0.1) is 0 Å². The van der Waals surface area contributed by atoms with Crippen LogP contribution in [0.2, 0.25) is 0 Å². The number of pyridine rings is 1. The topological polar surface area (TPSA) is 26.9 Å². The first-order valence-electron chi connectivity index (χ1n) is 6.63. The molecule has 0 unspecified atom stereocenters. The van der Waals surface area contributed by atoms with E-state index in [1.54, 1.807) is 12.4 Å². The van der Waals surface area contributed by atoms with E-state index in [1.807, 2.05) is 48.5 Å². The molecule has 0 aliphatic heterocycles. The molecule has 98 valence electrons. The lowest BCUT2D eigenvalue weighted by atomic mass is 9.86. The maximum atomic E-state index is 11.2. The van der Waals surface area contributed by atoms with E-state index in [9.17, 15) is 5.21 Å². The van der Waals surface area contributed by atoms with Gasteiger partial charge in [-0.15, -0.1) is 0 Å². The zero-order chi connectivity index (χ0) is 13.8. The number of hydrogen-bond acceptors (Lipinski definition) is 1. The highest BCUT2D eigenvalue weighted by molar-refractivity contribution is 5.41. The molecule has 0 spiro atoms. The first kappa shape index (κ1) is 12.4. The predicted molar refractivity (Wildman–Crippen MR) is 79.2 cm³/mol. The van der Waals surface area contributed by atoms with Crippen LogP contribution in [0, 0.1) is 5.21 Å². The second-order valence-electron chi connectivity index (χ2n) is 4.75. The van der Waals surface area contributed by atoms with Crippen LogP contribution in [0.4, 0.5) is 0 Å². The van der Waals surface area contributed by atoms with Crippen LogP contribution in [0.3, 0.4) is 0 Å². The van der Waals surface area contributed by atoms with Crippen molar-refractivity contribution in [1.82, 2.24) is 0 Å². The Kier molecular flexibility index (Phi) is 3.46. The summed E-state index contributed by atoms with van der Waals surface area (Å²) in [6.07, 6.45) is 3.10. The maximum absolute atomic E-state index is 11.2. The lowest BCUT2D eigenvalue weighted by molar-refractivity contribution is -0.605. The zero-order valence-corrected chi connectivity index (χ0v) is 11.0. The average molecular weight is 261 g/mol. The van der Waals surface area contributed by atoms with Crippen LogP contribution < -0.4 is 4.73 Å². The Morgan fingerprint density at radius 3 is 1.45 bits per heavy atom. The minimum Gasteiger partial charge on any atom is -0.619 e. The van der Waals surface area contributed by atoms with Gasteiger partial charge < -0.3 is 5.21 Å².